The van der Waals surface area contributed by atoms with Crippen LogP contribution in [-0.4, -0.2) is 101 Å². The number of phenols is 1. The number of Topliss-reactive ketones (excluding diaryl/α,β-unsaturated/α-hetero) is 2. The topological polar surface area (TPSA) is 168 Å². The summed E-state index contributed by atoms with van der Waals surface area (Å²) in [4.78, 5) is 45.1. The van der Waals surface area contributed by atoms with Gasteiger partial charge in [0.25, 0.3) is 5.91 Å². The van der Waals surface area contributed by atoms with Gasteiger partial charge in [-0.1, -0.05) is 0 Å². The lowest BCUT2D eigenvalue weighted by atomic mass is 9.58. The fourth-order valence-corrected chi connectivity index (χ4v) is 7.16. The molecule has 38 heavy (non-hydrogen) atoms. The summed E-state index contributed by atoms with van der Waals surface area (Å²) < 4.78 is 0. The zero-order chi connectivity index (χ0) is 28.0. The highest BCUT2D eigenvalue weighted by molar-refractivity contribution is 6.24. The molecular formula is C27H34N4O7. The van der Waals surface area contributed by atoms with Crippen LogP contribution in [0.4, 0.5) is 5.69 Å². The van der Waals surface area contributed by atoms with E-state index in [1.807, 2.05) is 21.1 Å². The number of likely N-dealkylation sites (N-methyl/N-ethyl adjacent to an activating group) is 1. The average Bonchev–Trinajstić information content (AvgIpc) is 2.80. The van der Waals surface area contributed by atoms with E-state index in [-0.39, 0.29) is 35.8 Å². The first-order valence-electron chi connectivity index (χ1n) is 12.6. The number of ketones is 2. The van der Waals surface area contributed by atoms with Crippen molar-refractivity contribution < 1.29 is 34.8 Å². The molecule has 5 rings (SSSR count). The van der Waals surface area contributed by atoms with Crippen molar-refractivity contribution in [3.05, 3.63) is 45.4 Å². The summed E-state index contributed by atoms with van der Waals surface area (Å²) in [6, 6.07) is 0.613. The van der Waals surface area contributed by atoms with Gasteiger partial charge in [0.15, 0.2) is 11.4 Å². The van der Waals surface area contributed by atoms with Gasteiger partial charge in [0.1, 0.15) is 22.8 Å². The number of hydrogen-bond donors (Lipinski definition) is 5. The Morgan fingerprint density at radius 2 is 1.79 bits per heavy atom. The number of carbonyl (C=O) groups is 3. The van der Waals surface area contributed by atoms with Gasteiger partial charge in [-0.3, -0.25) is 19.3 Å². The number of aromatic hydroxyl groups is 1. The summed E-state index contributed by atoms with van der Waals surface area (Å²) in [7, 11) is 9.08. The number of benzene rings is 1. The zero-order valence-electron chi connectivity index (χ0n) is 22.1. The van der Waals surface area contributed by atoms with Gasteiger partial charge >= 0.3 is 0 Å². The van der Waals surface area contributed by atoms with E-state index in [9.17, 15) is 34.8 Å². The molecular weight excluding hydrogens is 492 g/mol. The minimum absolute atomic E-state index is 0.0378. The standard InChI is InChI=1S/C27H34N4O7/c1-29(2)15-6-7-31(5)20-12(15)10-16(32)18-13(20)8-11-9-14-21(30(3)4)23(34)19(26(28)37)25(36)27(14,38)24(35)17(11)22(18)33/h10-11,14-15,21,32,34-35,38H,6-9H2,1-5H3,(H2,28,37)/t11-,14-,15?,21+,27-/m0/s1. The molecule has 6 N–H and O–H groups in total. The maximum absolute atomic E-state index is 13.9. The first-order valence-corrected chi connectivity index (χ1v) is 12.6. The van der Waals surface area contributed by atoms with Crippen LogP contribution in [0.15, 0.2) is 28.7 Å². The van der Waals surface area contributed by atoms with Crippen LogP contribution in [0, 0.1) is 11.8 Å². The number of primary amides is 1. The van der Waals surface area contributed by atoms with Gasteiger partial charge in [0, 0.05) is 36.8 Å². The van der Waals surface area contributed by atoms with Crippen molar-refractivity contribution in [1.29, 1.82) is 0 Å². The van der Waals surface area contributed by atoms with Crippen LogP contribution in [0.25, 0.3) is 0 Å². The lowest BCUT2D eigenvalue weighted by molar-refractivity contribution is -0.148. The van der Waals surface area contributed by atoms with Crippen LogP contribution in [0.5, 0.6) is 5.75 Å². The third kappa shape index (κ3) is 3.28. The van der Waals surface area contributed by atoms with Gasteiger partial charge in [-0.25, -0.2) is 0 Å². The molecule has 0 radical (unpaired) electrons. The molecule has 0 saturated heterocycles. The fraction of sp³-hybridized carbons (Fsp3) is 0.519. The molecule has 0 fully saturated rings. The van der Waals surface area contributed by atoms with E-state index in [1.165, 1.54) is 0 Å². The quantitative estimate of drug-likeness (QED) is 0.351. The van der Waals surface area contributed by atoms with E-state index >= 15 is 0 Å². The Morgan fingerprint density at radius 1 is 1.13 bits per heavy atom. The molecule has 1 amide bonds. The third-order valence-corrected chi connectivity index (χ3v) is 8.83. The van der Waals surface area contributed by atoms with Crippen molar-refractivity contribution in [2.75, 3.05) is 46.7 Å². The molecule has 0 saturated carbocycles. The lowest BCUT2D eigenvalue weighted by Gasteiger charge is -2.50. The first-order chi connectivity index (χ1) is 17.7. The van der Waals surface area contributed by atoms with Crippen LogP contribution in [0.3, 0.4) is 0 Å². The van der Waals surface area contributed by atoms with Crippen LogP contribution >= 0.6 is 0 Å². The third-order valence-electron chi connectivity index (χ3n) is 8.83. The maximum Gasteiger partial charge on any atom is 0.255 e. The van der Waals surface area contributed by atoms with E-state index in [0.29, 0.717) is 5.56 Å². The molecule has 11 nitrogen and oxygen atoms in total. The number of allylic oxidation sites excluding steroid dienone is 1. The Labute approximate surface area is 220 Å². The van der Waals surface area contributed by atoms with Gasteiger partial charge in [0.05, 0.1) is 11.6 Å². The molecule has 0 spiro atoms. The number of anilines is 1. The van der Waals surface area contributed by atoms with Crippen LogP contribution < -0.4 is 10.6 Å². The average molecular weight is 527 g/mol. The summed E-state index contributed by atoms with van der Waals surface area (Å²) in [5.74, 6) is -6.46. The number of rotatable bonds is 3. The molecule has 1 aromatic carbocycles. The van der Waals surface area contributed by atoms with Gasteiger partial charge < -0.3 is 36.0 Å². The molecule has 1 heterocycles. The van der Waals surface area contributed by atoms with Crippen LogP contribution in [0.1, 0.15) is 40.4 Å². The van der Waals surface area contributed by atoms with E-state index < -0.39 is 58.0 Å². The Bertz CT molecular complexity index is 1350. The van der Waals surface area contributed by atoms with Crippen molar-refractivity contribution in [3.63, 3.8) is 0 Å². The molecule has 0 aromatic heterocycles. The minimum Gasteiger partial charge on any atom is -0.510 e. The normalized spacial score (nSPS) is 30.9. The smallest absolute Gasteiger partial charge is 0.255 e. The van der Waals surface area contributed by atoms with Crippen LogP contribution in [-0.2, 0) is 16.0 Å². The van der Waals surface area contributed by atoms with Crippen molar-refractivity contribution in [2.45, 2.75) is 36.9 Å². The largest absolute Gasteiger partial charge is 0.510 e. The summed E-state index contributed by atoms with van der Waals surface area (Å²) in [6.45, 7) is 0.744. The van der Waals surface area contributed by atoms with Gasteiger partial charge in [-0.2, -0.15) is 0 Å². The van der Waals surface area contributed by atoms with Gasteiger partial charge in [-0.05, 0) is 70.6 Å². The van der Waals surface area contributed by atoms with E-state index in [2.05, 4.69) is 9.80 Å². The van der Waals surface area contributed by atoms with Crippen LogP contribution in [0.2, 0.25) is 0 Å². The van der Waals surface area contributed by atoms with Crippen molar-refractivity contribution in [1.82, 2.24) is 9.80 Å². The zero-order valence-corrected chi connectivity index (χ0v) is 22.1. The highest BCUT2D eigenvalue weighted by Gasteiger charge is 2.63. The van der Waals surface area contributed by atoms with E-state index in [1.54, 1.807) is 25.1 Å². The first kappa shape index (κ1) is 26.2. The van der Waals surface area contributed by atoms with Crippen molar-refractivity contribution in [2.24, 2.45) is 17.6 Å². The minimum atomic E-state index is -2.64. The Kier molecular flexibility index (Phi) is 5.90. The molecule has 0 bridgehead atoms. The number of fused-ring (bicyclic) bond motifs is 5. The molecule has 1 aliphatic heterocycles. The highest BCUT2D eigenvalue weighted by atomic mass is 16.3. The Balaban J connectivity index is 1.73. The second kappa shape index (κ2) is 8.55. The number of nitrogens with two attached hydrogens (primary N) is 1. The maximum atomic E-state index is 13.9. The molecule has 4 aliphatic rings. The monoisotopic (exact) mass is 526 g/mol. The molecule has 11 heteroatoms. The summed E-state index contributed by atoms with van der Waals surface area (Å²) in [6.07, 6.45) is 1.18. The number of hydrogen-bond acceptors (Lipinski definition) is 10. The van der Waals surface area contributed by atoms with E-state index in [4.69, 9.17) is 5.73 Å². The second-order valence-electron chi connectivity index (χ2n) is 11.3. The number of aliphatic hydroxyl groups is 3. The number of carbonyl (C=O) groups excluding carboxylic acids is 3. The lowest BCUT2D eigenvalue weighted by Crippen LogP contribution is -2.63. The number of amides is 1. The highest BCUT2D eigenvalue weighted by Crippen LogP contribution is 2.54. The molecule has 204 valence electrons. The summed E-state index contributed by atoms with van der Waals surface area (Å²) >= 11 is 0. The SMILES string of the molecule is CN1CCC(N(C)C)c2cc(O)c3c(c21)C[C@H]1C[C@H]2[C@@H](N(C)C)C(O)=C(C(N)=O)C(=O)[C@@]2(O)C(O)=C1C3=O. The summed E-state index contributed by atoms with van der Waals surface area (Å²) in [5.41, 5.74) is 4.24. The Morgan fingerprint density at radius 3 is 2.37 bits per heavy atom. The molecule has 1 unspecified atom stereocenters. The molecule has 3 aliphatic carbocycles. The van der Waals surface area contributed by atoms with Crippen molar-refractivity contribution in [3.8, 4) is 5.75 Å². The van der Waals surface area contributed by atoms with Gasteiger partial charge in [0.2, 0.25) is 5.78 Å². The van der Waals surface area contributed by atoms with Gasteiger partial charge in [-0.15, -0.1) is 0 Å². The van der Waals surface area contributed by atoms with E-state index in [0.717, 1.165) is 24.2 Å². The Hall–Kier alpha value is -3.41. The predicted molar refractivity (Wildman–Crippen MR) is 138 cm³/mol. The van der Waals surface area contributed by atoms with Crippen molar-refractivity contribution >= 4 is 23.2 Å². The number of phenolic OH excluding ortho intramolecular Hbond substituents is 1. The number of nitrogens with zero attached hydrogens (tertiary/aromatic N) is 3. The fourth-order valence-electron chi connectivity index (χ4n) is 7.16. The molecule has 1 aromatic rings. The molecule has 5 atom stereocenters. The second-order valence-corrected chi connectivity index (χ2v) is 11.3. The predicted octanol–water partition coefficient (Wildman–Crippen LogP) is 0.563. The number of aliphatic hydroxyl groups excluding tert-OH is 2. The summed E-state index contributed by atoms with van der Waals surface area (Å²) in [5, 5.41) is 45.1.